The number of sulfonamides is 1. The van der Waals surface area contributed by atoms with E-state index in [0.717, 1.165) is 0 Å². The topological polar surface area (TPSA) is 90.5 Å². The summed E-state index contributed by atoms with van der Waals surface area (Å²) in [5.41, 5.74) is -0.346. The van der Waals surface area contributed by atoms with Crippen LogP contribution in [0.5, 0.6) is 0 Å². The molecule has 2 unspecified atom stereocenters. The Labute approximate surface area is 105 Å². The zero-order valence-corrected chi connectivity index (χ0v) is 10.9. The predicted molar refractivity (Wildman–Crippen MR) is 65.6 cm³/mol. The molecule has 2 N–H and O–H groups in total. The van der Waals surface area contributed by atoms with Crippen molar-refractivity contribution in [2.75, 3.05) is 13.1 Å². The van der Waals surface area contributed by atoms with Gasteiger partial charge in [-0.2, -0.15) is 4.31 Å². The van der Waals surface area contributed by atoms with Crippen molar-refractivity contribution in [1.29, 1.82) is 0 Å². The first kappa shape index (κ1) is 13.3. The van der Waals surface area contributed by atoms with Crippen molar-refractivity contribution in [3.63, 3.8) is 0 Å². The van der Waals surface area contributed by atoms with Gasteiger partial charge in [0.1, 0.15) is 0 Å². The van der Waals surface area contributed by atoms with Crippen molar-refractivity contribution in [1.82, 2.24) is 9.29 Å². The predicted octanol–water partition coefficient (Wildman–Crippen LogP) is -0.234. The molecule has 18 heavy (non-hydrogen) atoms. The lowest BCUT2D eigenvalue weighted by atomic mass is 9.98. The Kier molecular flexibility index (Phi) is 3.56. The zero-order chi connectivity index (χ0) is 13.3. The van der Waals surface area contributed by atoms with E-state index in [1.165, 1.54) is 22.6 Å². The van der Waals surface area contributed by atoms with Crippen molar-refractivity contribution in [2.45, 2.75) is 24.3 Å². The Morgan fingerprint density at radius 1 is 1.44 bits per heavy atom. The maximum absolute atomic E-state index is 12.2. The first-order valence-corrected chi connectivity index (χ1v) is 7.22. The quantitative estimate of drug-likeness (QED) is 0.778. The van der Waals surface area contributed by atoms with Crippen LogP contribution in [0.1, 0.15) is 13.3 Å². The molecule has 0 aliphatic carbocycles. The molecule has 0 amide bonds. The molecule has 6 nitrogen and oxygen atoms in total. The Balaban J connectivity index is 2.26. The second-order valence-electron chi connectivity index (χ2n) is 4.58. The number of rotatable bonds is 2. The second-order valence-corrected chi connectivity index (χ2v) is 6.52. The monoisotopic (exact) mass is 272 g/mol. The van der Waals surface area contributed by atoms with Gasteiger partial charge in [0, 0.05) is 25.4 Å². The number of piperidine rings is 1. The molecule has 1 aliphatic heterocycles. The molecule has 2 rings (SSSR count). The van der Waals surface area contributed by atoms with E-state index < -0.39 is 16.1 Å². The number of pyridine rings is 1. The van der Waals surface area contributed by atoms with Gasteiger partial charge in [-0.05, 0) is 18.4 Å². The van der Waals surface area contributed by atoms with Gasteiger partial charge in [-0.3, -0.25) is 4.79 Å². The molecule has 0 aromatic carbocycles. The summed E-state index contributed by atoms with van der Waals surface area (Å²) in [6.07, 6.45) is 1.17. The minimum absolute atomic E-state index is 0.0452. The summed E-state index contributed by atoms with van der Waals surface area (Å²) in [4.78, 5) is 13.3. The summed E-state index contributed by atoms with van der Waals surface area (Å²) in [6, 6.07) is 2.45. The van der Waals surface area contributed by atoms with Crippen LogP contribution in [0.2, 0.25) is 0 Å². The van der Waals surface area contributed by atoms with Gasteiger partial charge in [0.05, 0.1) is 11.0 Å². The first-order chi connectivity index (χ1) is 8.41. The van der Waals surface area contributed by atoms with E-state index in [0.29, 0.717) is 13.0 Å². The largest absolute Gasteiger partial charge is 0.391 e. The number of hydrogen-bond donors (Lipinski definition) is 2. The van der Waals surface area contributed by atoms with Crippen molar-refractivity contribution < 1.29 is 13.5 Å². The van der Waals surface area contributed by atoms with Crippen LogP contribution in [-0.2, 0) is 10.0 Å². The van der Waals surface area contributed by atoms with Crippen LogP contribution < -0.4 is 5.56 Å². The lowest BCUT2D eigenvalue weighted by Gasteiger charge is -2.33. The summed E-state index contributed by atoms with van der Waals surface area (Å²) in [6.45, 7) is 2.39. The summed E-state index contributed by atoms with van der Waals surface area (Å²) in [7, 11) is -3.63. The first-order valence-electron chi connectivity index (χ1n) is 5.78. The number of nitrogens with one attached hydrogen (secondary N) is 1. The highest BCUT2D eigenvalue weighted by Crippen LogP contribution is 2.22. The van der Waals surface area contributed by atoms with Crippen LogP contribution in [0.4, 0.5) is 0 Å². The van der Waals surface area contributed by atoms with E-state index in [2.05, 4.69) is 4.98 Å². The van der Waals surface area contributed by atoms with Gasteiger partial charge >= 0.3 is 0 Å². The average Bonchev–Trinajstić information content (AvgIpc) is 2.33. The SMILES string of the molecule is CC1CCN(S(=O)(=O)c2ccc(=O)[nH]c2)CC1O. The fraction of sp³-hybridized carbons (Fsp3) is 0.545. The van der Waals surface area contributed by atoms with E-state index in [1.807, 2.05) is 6.92 Å². The summed E-state index contributed by atoms with van der Waals surface area (Å²) >= 11 is 0. The minimum atomic E-state index is -3.63. The van der Waals surface area contributed by atoms with E-state index in [4.69, 9.17) is 0 Å². The highest BCUT2D eigenvalue weighted by Gasteiger charge is 2.32. The van der Waals surface area contributed by atoms with E-state index >= 15 is 0 Å². The van der Waals surface area contributed by atoms with Gasteiger partial charge in [-0.25, -0.2) is 8.42 Å². The Morgan fingerprint density at radius 2 is 2.17 bits per heavy atom. The third-order valence-corrected chi connectivity index (χ3v) is 5.14. The van der Waals surface area contributed by atoms with Gasteiger partial charge in [0.15, 0.2) is 0 Å². The van der Waals surface area contributed by atoms with Crippen LogP contribution in [0.25, 0.3) is 0 Å². The fourth-order valence-corrected chi connectivity index (χ4v) is 3.38. The maximum atomic E-state index is 12.2. The van der Waals surface area contributed by atoms with Crippen LogP contribution >= 0.6 is 0 Å². The van der Waals surface area contributed by atoms with Gasteiger partial charge in [0.25, 0.3) is 0 Å². The number of aliphatic hydroxyl groups excluding tert-OH is 1. The highest BCUT2D eigenvalue weighted by atomic mass is 32.2. The molecule has 2 atom stereocenters. The van der Waals surface area contributed by atoms with Gasteiger partial charge < -0.3 is 10.1 Å². The summed E-state index contributed by atoms with van der Waals surface area (Å²) < 4.78 is 25.7. The molecule has 1 aromatic heterocycles. The Morgan fingerprint density at radius 3 is 2.72 bits per heavy atom. The van der Waals surface area contributed by atoms with Crippen molar-refractivity contribution in [3.05, 3.63) is 28.7 Å². The Bertz CT molecular complexity index is 560. The summed E-state index contributed by atoms with van der Waals surface area (Å²) in [5, 5.41) is 9.74. The molecule has 0 bridgehead atoms. The number of aliphatic hydroxyl groups is 1. The molecule has 100 valence electrons. The third-order valence-electron chi connectivity index (χ3n) is 3.27. The molecule has 7 heteroatoms. The van der Waals surface area contributed by atoms with E-state index in [-0.39, 0.29) is 22.9 Å². The van der Waals surface area contributed by atoms with Crippen molar-refractivity contribution in [3.8, 4) is 0 Å². The molecular weight excluding hydrogens is 256 g/mol. The second kappa shape index (κ2) is 4.83. The van der Waals surface area contributed by atoms with Crippen LogP contribution in [0, 0.1) is 5.92 Å². The number of H-pyrrole nitrogens is 1. The maximum Gasteiger partial charge on any atom is 0.247 e. The van der Waals surface area contributed by atoms with E-state index in [1.54, 1.807) is 0 Å². The van der Waals surface area contributed by atoms with E-state index in [9.17, 15) is 18.3 Å². The highest BCUT2D eigenvalue weighted by molar-refractivity contribution is 7.89. The minimum Gasteiger partial charge on any atom is -0.391 e. The van der Waals surface area contributed by atoms with Gasteiger partial charge in [-0.1, -0.05) is 6.92 Å². The van der Waals surface area contributed by atoms with Gasteiger partial charge in [-0.15, -0.1) is 0 Å². The van der Waals surface area contributed by atoms with Crippen molar-refractivity contribution >= 4 is 10.0 Å². The smallest absolute Gasteiger partial charge is 0.247 e. The number of nitrogens with zero attached hydrogens (tertiary/aromatic N) is 1. The molecule has 0 spiro atoms. The standard InChI is InChI=1S/C11H16N2O4S/c1-8-4-5-13(7-10(8)14)18(16,17)9-2-3-11(15)12-6-9/h2-3,6,8,10,14H,4-5,7H2,1H3,(H,12,15). The number of aromatic amines is 1. The van der Waals surface area contributed by atoms with Crippen LogP contribution in [0.15, 0.2) is 28.0 Å². The van der Waals surface area contributed by atoms with Crippen LogP contribution in [0.3, 0.4) is 0 Å². The molecule has 0 saturated carbocycles. The normalized spacial score (nSPS) is 26.1. The lowest BCUT2D eigenvalue weighted by Crippen LogP contribution is -2.45. The molecule has 1 aromatic rings. The lowest BCUT2D eigenvalue weighted by molar-refractivity contribution is 0.0605. The number of aromatic nitrogens is 1. The molecule has 1 aliphatic rings. The number of β-amino-alcohol motifs (C(OH)–C–C–N with tert-alkyl or cyclic N) is 1. The average molecular weight is 272 g/mol. The zero-order valence-electron chi connectivity index (χ0n) is 10.0. The third kappa shape index (κ3) is 2.47. The van der Waals surface area contributed by atoms with Crippen LogP contribution in [-0.4, -0.2) is 42.0 Å². The molecule has 1 fully saturated rings. The summed E-state index contributed by atoms with van der Waals surface area (Å²) in [5.74, 6) is 0.104. The molecule has 2 heterocycles. The Hall–Kier alpha value is -1.18. The molecule has 1 saturated heterocycles. The molecular formula is C11H16N2O4S. The molecule has 0 radical (unpaired) electrons. The fourth-order valence-electron chi connectivity index (χ4n) is 1.94. The number of hydrogen-bond acceptors (Lipinski definition) is 4. The van der Waals surface area contributed by atoms with Gasteiger partial charge in [0.2, 0.25) is 15.6 Å². The van der Waals surface area contributed by atoms with Crippen molar-refractivity contribution in [2.24, 2.45) is 5.92 Å².